The lowest BCUT2D eigenvalue weighted by Gasteiger charge is -2.04. The van der Waals surface area contributed by atoms with Crippen molar-refractivity contribution in [2.24, 2.45) is 0 Å². The molecule has 7 heteroatoms. The van der Waals surface area contributed by atoms with Crippen molar-refractivity contribution < 1.29 is 0 Å². The Morgan fingerprint density at radius 2 is 1.96 bits per heavy atom. The zero-order valence-electron chi connectivity index (χ0n) is 13.8. The average Bonchev–Trinajstić information content (AvgIpc) is 3.34. The van der Waals surface area contributed by atoms with Gasteiger partial charge >= 0.3 is 0 Å². The normalized spacial score (nSPS) is 10.9. The first-order valence-corrected chi connectivity index (χ1v) is 8.14. The summed E-state index contributed by atoms with van der Waals surface area (Å²) in [6, 6.07) is 16.3. The summed E-state index contributed by atoms with van der Waals surface area (Å²) in [4.78, 5) is 0. The van der Waals surface area contributed by atoms with E-state index in [-0.39, 0.29) is 0 Å². The van der Waals surface area contributed by atoms with Crippen molar-refractivity contribution in [1.29, 1.82) is 0 Å². The topological polar surface area (TPSA) is 85.2 Å². The Morgan fingerprint density at radius 3 is 2.80 bits per heavy atom. The Bertz CT molecular complexity index is 973. The van der Waals surface area contributed by atoms with Crippen LogP contribution in [-0.4, -0.2) is 35.6 Å². The average molecular weight is 331 g/mol. The summed E-state index contributed by atoms with van der Waals surface area (Å²) in [7, 11) is 0. The van der Waals surface area contributed by atoms with Gasteiger partial charge in [-0.1, -0.05) is 54.6 Å². The Balaban J connectivity index is 1.59. The van der Waals surface area contributed by atoms with Crippen LogP contribution in [0.15, 0.2) is 54.7 Å². The molecule has 0 fully saturated rings. The van der Waals surface area contributed by atoms with Crippen molar-refractivity contribution in [3.8, 4) is 22.6 Å². The summed E-state index contributed by atoms with van der Waals surface area (Å²) in [5, 5.41) is 22.7. The molecule has 0 radical (unpaired) electrons. The smallest absolute Gasteiger partial charge is 0.204 e. The van der Waals surface area contributed by atoms with Gasteiger partial charge in [-0.15, -0.1) is 15.3 Å². The number of H-pyrrole nitrogens is 1. The number of aryl methyl sites for hydroxylation is 1. The molecule has 1 N–H and O–H groups in total. The second-order valence-corrected chi connectivity index (χ2v) is 5.75. The highest BCUT2D eigenvalue weighted by atomic mass is 15.5. The third-order valence-electron chi connectivity index (χ3n) is 4.09. The van der Waals surface area contributed by atoms with Gasteiger partial charge in [0.1, 0.15) is 5.69 Å². The highest BCUT2D eigenvalue weighted by Crippen LogP contribution is 2.22. The molecular weight excluding hydrogens is 314 g/mol. The molecule has 0 unspecified atom stereocenters. The third kappa shape index (κ3) is 3.16. The highest BCUT2D eigenvalue weighted by molar-refractivity contribution is 5.62. The molecule has 0 saturated heterocycles. The lowest BCUT2D eigenvalue weighted by molar-refractivity contribution is 0.650. The Hall–Kier alpha value is -3.35. The number of aromatic nitrogens is 7. The first-order chi connectivity index (χ1) is 12.3. The SMILES string of the molecule is CCc1ccccc1-c1cn(Cc2cccc(-c3nn[nH]n3)c2)nn1. The molecule has 4 rings (SSSR count). The van der Waals surface area contributed by atoms with Crippen molar-refractivity contribution >= 4 is 0 Å². The van der Waals surface area contributed by atoms with Gasteiger partial charge in [0.15, 0.2) is 0 Å². The number of tetrazole rings is 1. The number of nitrogens with zero attached hydrogens (tertiary/aromatic N) is 6. The van der Waals surface area contributed by atoms with E-state index in [2.05, 4.69) is 56.1 Å². The largest absolute Gasteiger partial charge is 0.247 e. The van der Waals surface area contributed by atoms with Gasteiger partial charge in [-0.3, -0.25) is 0 Å². The van der Waals surface area contributed by atoms with E-state index in [0.717, 1.165) is 28.8 Å². The fourth-order valence-corrected chi connectivity index (χ4v) is 2.86. The molecule has 0 atom stereocenters. The minimum Gasteiger partial charge on any atom is -0.247 e. The van der Waals surface area contributed by atoms with Crippen LogP contribution in [0.25, 0.3) is 22.6 Å². The second kappa shape index (κ2) is 6.64. The van der Waals surface area contributed by atoms with Crippen LogP contribution < -0.4 is 0 Å². The van der Waals surface area contributed by atoms with Gasteiger partial charge in [-0.2, -0.15) is 5.21 Å². The maximum atomic E-state index is 4.34. The Morgan fingerprint density at radius 1 is 1.04 bits per heavy atom. The molecule has 0 spiro atoms. The quantitative estimate of drug-likeness (QED) is 0.608. The van der Waals surface area contributed by atoms with E-state index in [9.17, 15) is 0 Å². The monoisotopic (exact) mass is 331 g/mol. The molecule has 2 aromatic carbocycles. The summed E-state index contributed by atoms with van der Waals surface area (Å²) < 4.78 is 1.84. The predicted molar refractivity (Wildman–Crippen MR) is 93.6 cm³/mol. The van der Waals surface area contributed by atoms with Crippen LogP contribution >= 0.6 is 0 Å². The fraction of sp³-hybridized carbons (Fsp3) is 0.167. The number of hydrogen-bond donors (Lipinski definition) is 1. The van der Waals surface area contributed by atoms with Crippen LogP contribution in [-0.2, 0) is 13.0 Å². The number of rotatable bonds is 5. The Kier molecular flexibility index (Phi) is 4.04. The van der Waals surface area contributed by atoms with Gasteiger partial charge in [0.2, 0.25) is 5.82 Å². The van der Waals surface area contributed by atoms with E-state index < -0.39 is 0 Å². The lowest BCUT2D eigenvalue weighted by atomic mass is 10.0. The molecule has 0 amide bonds. The first-order valence-electron chi connectivity index (χ1n) is 8.14. The number of nitrogens with one attached hydrogen (secondary N) is 1. The molecule has 4 aromatic rings. The fourth-order valence-electron chi connectivity index (χ4n) is 2.86. The van der Waals surface area contributed by atoms with Gasteiger partial charge in [0.25, 0.3) is 0 Å². The minimum atomic E-state index is 0.581. The molecule has 0 aliphatic carbocycles. The predicted octanol–water partition coefficient (Wildman–Crippen LogP) is 2.74. The summed E-state index contributed by atoms with van der Waals surface area (Å²) in [5.74, 6) is 0.581. The molecule has 0 aliphatic rings. The van der Waals surface area contributed by atoms with Crippen molar-refractivity contribution in [3.05, 3.63) is 65.9 Å². The maximum Gasteiger partial charge on any atom is 0.204 e. The zero-order valence-corrected chi connectivity index (χ0v) is 13.8. The van der Waals surface area contributed by atoms with Crippen LogP contribution in [0.3, 0.4) is 0 Å². The number of benzene rings is 2. The molecule has 25 heavy (non-hydrogen) atoms. The number of aromatic amines is 1. The van der Waals surface area contributed by atoms with Crippen molar-refractivity contribution in [1.82, 2.24) is 35.6 Å². The van der Waals surface area contributed by atoms with Gasteiger partial charge in [-0.25, -0.2) is 4.68 Å². The number of hydrogen-bond acceptors (Lipinski definition) is 5. The molecule has 0 aliphatic heterocycles. The van der Waals surface area contributed by atoms with E-state index in [1.54, 1.807) is 0 Å². The highest BCUT2D eigenvalue weighted by Gasteiger charge is 2.09. The molecule has 0 saturated carbocycles. The van der Waals surface area contributed by atoms with Crippen molar-refractivity contribution in [2.75, 3.05) is 0 Å². The first kappa shape index (κ1) is 15.2. The van der Waals surface area contributed by atoms with Crippen LogP contribution in [0.4, 0.5) is 0 Å². The van der Waals surface area contributed by atoms with E-state index in [1.165, 1.54) is 5.56 Å². The zero-order chi connectivity index (χ0) is 17.1. The van der Waals surface area contributed by atoms with Crippen LogP contribution in [0.2, 0.25) is 0 Å². The van der Waals surface area contributed by atoms with Gasteiger partial charge < -0.3 is 0 Å². The van der Waals surface area contributed by atoms with E-state index >= 15 is 0 Å². The van der Waals surface area contributed by atoms with Crippen LogP contribution in [0.5, 0.6) is 0 Å². The van der Waals surface area contributed by atoms with Crippen LogP contribution in [0, 0.1) is 0 Å². The van der Waals surface area contributed by atoms with Gasteiger partial charge in [0.05, 0.1) is 12.7 Å². The summed E-state index contributed by atoms with van der Waals surface area (Å²) in [6.45, 7) is 2.78. The molecule has 7 nitrogen and oxygen atoms in total. The molecule has 2 aromatic heterocycles. The third-order valence-corrected chi connectivity index (χ3v) is 4.09. The van der Waals surface area contributed by atoms with Crippen molar-refractivity contribution in [3.63, 3.8) is 0 Å². The Labute approximate surface area is 144 Å². The van der Waals surface area contributed by atoms with Gasteiger partial charge in [-0.05, 0) is 28.8 Å². The molecule has 2 heterocycles. The van der Waals surface area contributed by atoms with Crippen LogP contribution in [0.1, 0.15) is 18.1 Å². The second-order valence-electron chi connectivity index (χ2n) is 5.75. The standard InChI is InChI=1S/C18H17N7/c1-2-14-7-3-4-9-16(14)17-12-25(24-19-17)11-13-6-5-8-15(10-13)18-20-22-23-21-18/h3-10,12H,2,11H2,1H3,(H,20,21,22,23). The summed E-state index contributed by atoms with van der Waals surface area (Å²) in [6.07, 6.45) is 2.95. The molecular formula is C18H17N7. The van der Waals surface area contributed by atoms with E-state index in [4.69, 9.17) is 0 Å². The van der Waals surface area contributed by atoms with Crippen molar-refractivity contribution in [2.45, 2.75) is 19.9 Å². The maximum absolute atomic E-state index is 4.34. The van der Waals surface area contributed by atoms with Gasteiger partial charge in [0, 0.05) is 11.1 Å². The lowest BCUT2D eigenvalue weighted by Crippen LogP contribution is -2.00. The van der Waals surface area contributed by atoms with E-state index in [1.807, 2.05) is 41.2 Å². The molecule has 124 valence electrons. The summed E-state index contributed by atoms with van der Waals surface area (Å²) in [5.41, 5.74) is 5.32. The summed E-state index contributed by atoms with van der Waals surface area (Å²) >= 11 is 0. The van der Waals surface area contributed by atoms with E-state index in [0.29, 0.717) is 12.4 Å². The molecule has 0 bridgehead atoms. The minimum absolute atomic E-state index is 0.581.